The van der Waals surface area contributed by atoms with Crippen molar-refractivity contribution in [2.75, 3.05) is 7.11 Å². The van der Waals surface area contributed by atoms with E-state index in [9.17, 15) is 14.4 Å². The molecule has 1 heterocycles. The molecule has 24 heavy (non-hydrogen) atoms. The first-order valence-corrected chi connectivity index (χ1v) is 7.20. The lowest BCUT2D eigenvalue weighted by Crippen LogP contribution is -2.12. The number of methoxy groups -OCH3 is 1. The fraction of sp³-hybridized carbons (Fsp3) is 0.0526. The van der Waals surface area contributed by atoms with Gasteiger partial charge in [-0.25, -0.2) is 4.39 Å². The van der Waals surface area contributed by atoms with Crippen molar-refractivity contribution in [3.8, 4) is 34.2 Å². The van der Waals surface area contributed by atoms with E-state index in [-0.39, 0.29) is 5.56 Å². The number of ether oxygens (including phenoxy) is 1. The highest BCUT2D eigenvalue weighted by Crippen LogP contribution is 2.28. The van der Waals surface area contributed by atoms with Gasteiger partial charge in [0.15, 0.2) is 0 Å². The fourth-order valence-corrected chi connectivity index (χ4v) is 2.50. The van der Waals surface area contributed by atoms with Gasteiger partial charge in [0.1, 0.15) is 23.2 Å². The molecule has 5 heteroatoms. The fourth-order valence-electron chi connectivity index (χ4n) is 2.50. The van der Waals surface area contributed by atoms with Gasteiger partial charge >= 0.3 is 0 Å². The number of halogens is 1. The number of hydrogen-bond acceptors (Lipinski definition) is 3. The zero-order valence-electron chi connectivity index (χ0n) is 12.8. The van der Waals surface area contributed by atoms with Crippen LogP contribution < -0.4 is 10.3 Å². The van der Waals surface area contributed by atoms with E-state index in [1.807, 2.05) is 12.1 Å². The van der Waals surface area contributed by atoms with Crippen LogP contribution in [0.5, 0.6) is 5.75 Å². The molecular weight excluding hydrogens is 307 g/mol. The molecule has 2 aromatic carbocycles. The maximum Gasteiger partial charge on any atom is 0.266 e. The van der Waals surface area contributed by atoms with E-state index in [0.29, 0.717) is 22.6 Å². The summed E-state index contributed by atoms with van der Waals surface area (Å²) >= 11 is 0. The first kappa shape index (κ1) is 15.5. The predicted molar refractivity (Wildman–Crippen MR) is 89.2 cm³/mol. The van der Waals surface area contributed by atoms with E-state index >= 15 is 0 Å². The molecule has 0 aliphatic heterocycles. The smallest absolute Gasteiger partial charge is 0.266 e. The van der Waals surface area contributed by atoms with E-state index in [1.165, 1.54) is 18.2 Å². The Hall–Kier alpha value is -3.39. The summed E-state index contributed by atoms with van der Waals surface area (Å²) in [7, 11) is 1.55. The summed E-state index contributed by atoms with van der Waals surface area (Å²) in [6.07, 6.45) is 0. The first-order valence-electron chi connectivity index (χ1n) is 7.20. The second-order valence-electron chi connectivity index (χ2n) is 5.15. The number of aromatic amines is 1. The highest BCUT2D eigenvalue weighted by molar-refractivity contribution is 5.75. The lowest BCUT2D eigenvalue weighted by molar-refractivity contribution is 0.415. The zero-order valence-corrected chi connectivity index (χ0v) is 12.8. The van der Waals surface area contributed by atoms with Gasteiger partial charge in [-0.05, 0) is 35.9 Å². The van der Waals surface area contributed by atoms with Crippen molar-refractivity contribution in [1.29, 1.82) is 5.26 Å². The van der Waals surface area contributed by atoms with E-state index < -0.39 is 11.4 Å². The predicted octanol–water partition coefficient (Wildman–Crippen LogP) is 3.73. The number of nitrogens with one attached hydrogen (secondary N) is 1. The van der Waals surface area contributed by atoms with Gasteiger partial charge in [-0.15, -0.1) is 0 Å². The lowest BCUT2D eigenvalue weighted by Gasteiger charge is -2.09. The van der Waals surface area contributed by atoms with Crippen LogP contribution in [0.3, 0.4) is 0 Å². The molecule has 0 radical (unpaired) electrons. The van der Waals surface area contributed by atoms with Gasteiger partial charge in [0.05, 0.1) is 7.11 Å². The topological polar surface area (TPSA) is 65.9 Å². The molecule has 0 fully saturated rings. The third-order valence-electron chi connectivity index (χ3n) is 3.66. The van der Waals surface area contributed by atoms with Crippen molar-refractivity contribution in [2.24, 2.45) is 0 Å². The van der Waals surface area contributed by atoms with Gasteiger partial charge in [0.25, 0.3) is 5.56 Å². The van der Waals surface area contributed by atoms with Crippen LogP contribution in [-0.4, -0.2) is 12.1 Å². The first-order chi connectivity index (χ1) is 11.6. The van der Waals surface area contributed by atoms with Crippen LogP contribution in [0.4, 0.5) is 4.39 Å². The molecule has 0 saturated heterocycles. The van der Waals surface area contributed by atoms with E-state index in [4.69, 9.17) is 4.74 Å². The minimum Gasteiger partial charge on any atom is -0.497 e. The average molecular weight is 320 g/mol. The molecule has 0 saturated carbocycles. The van der Waals surface area contributed by atoms with Gasteiger partial charge < -0.3 is 9.72 Å². The number of nitrogens with zero attached hydrogens (tertiary/aromatic N) is 1. The number of aromatic nitrogens is 1. The van der Waals surface area contributed by atoms with Crippen molar-refractivity contribution in [3.05, 3.63) is 76.3 Å². The molecule has 0 aliphatic carbocycles. The Morgan fingerprint density at radius 2 is 1.83 bits per heavy atom. The second kappa shape index (κ2) is 6.39. The lowest BCUT2D eigenvalue weighted by atomic mass is 9.99. The molecule has 1 N–H and O–H groups in total. The van der Waals surface area contributed by atoms with Crippen LogP contribution in [0, 0.1) is 17.1 Å². The normalized spacial score (nSPS) is 10.2. The Kier molecular flexibility index (Phi) is 4.13. The van der Waals surface area contributed by atoms with Crippen LogP contribution in [0.1, 0.15) is 5.56 Å². The maximum atomic E-state index is 13.5. The van der Waals surface area contributed by atoms with Gasteiger partial charge in [-0.1, -0.05) is 24.3 Å². The summed E-state index contributed by atoms with van der Waals surface area (Å²) in [5, 5.41) is 9.29. The van der Waals surface area contributed by atoms with E-state index in [1.54, 1.807) is 37.4 Å². The van der Waals surface area contributed by atoms with Crippen molar-refractivity contribution in [1.82, 2.24) is 4.98 Å². The van der Waals surface area contributed by atoms with Crippen LogP contribution >= 0.6 is 0 Å². The minimum absolute atomic E-state index is 0.0488. The molecule has 3 aromatic rings. The number of benzene rings is 2. The molecule has 0 bridgehead atoms. The Labute approximate surface area is 137 Å². The Morgan fingerprint density at radius 3 is 2.54 bits per heavy atom. The number of pyridine rings is 1. The number of hydrogen-bond donors (Lipinski definition) is 1. The summed E-state index contributed by atoms with van der Waals surface area (Å²) < 4.78 is 18.7. The monoisotopic (exact) mass is 320 g/mol. The standard InChI is InChI=1S/C19H13FN2O2/c1-24-15-7-3-5-13(9-15)18-10-16(17(11-21)19(23)22-18)12-4-2-6-14(20)8-12/h2-10H,1H3,(H,22,23). The van der Waals surface area contributed by atoms with Crippen molar-refractivity contribution in [3.63, 3.8) is 0 Å². The Bertz CT molecular complexity index is 1000. The largest absolute Gasteiger partial charge is 0.497 e. The zero-order chi connectivity index (χ0) is 17.1. The SMILES string of the molecule is COc1cccc(-c2cc(-c3cccc(F)c3)c(C#N)c(=O)[nH]2)c1. The third-order valence-corrected chi connectivity index (χ3v) is 3.66. The summed E-state index contributed by atoms with van der Waals surface area (Å²) in [6.45, 7) is 0. The summed E-state index contributed by atoms with van der Waals surface area (Å²) in [5.74, 6) is 0.213. The minimum atomic E-state index is -0.517. The summed E-state index contributed by atoms with van der Waals surface area (Å²) in [6, 6.07) is 16.5. The van der Waals surface area contributed by atoms with Crippen LogP contribution in [0.2, 0.25) is 0 Å². The average Bonchev–Trinajstić information content (AvgIpc) is 2.61. The molecule has 0 aliphatic rings. The highest BCUT2D eigenvalue weighted by Gasteiger charge is 2.13. The van der Waals surface area contributed by atoms with Gasteiger partial charge in [0.2, 0.25) is 0 Å². The van der Waals surface area contributed by atoms with E-state index in [0.717, 1.165) is 5.56 Å². The van der Waals surface area contributed by atoms with Crippen molar-refractivity contribution >= 4 is 0 Å². The van der Waals surface area contributed by atoms with Gasteiger partial charge in [0, 0.05) is 16.8 Å². The molecule has 0 atom stereocenters. The molecule has 0 unspecified atom stereocenters. The Balaban J connectivity index is 2.24. The molecule has 3 rings (SSSR count). The molecule has 0 spiro atoms. The highest BCUT2D eigenvalue weighted by atomic mass is 19.1. The van der Waals surface area contributed by atoms with E-state index in [2.05, 4.69) is 4.98 Å². The summed E-state index contributed by atoms with van der Waals surface area (Å²) in [4.78, 5) is 15.0. The molecule has 4 nitrogen and oxygen atoms in total. The van der Waals surface area contributed by atoms with Gasteiger partial charge in [-0.2, -0.15) is 5.26 Å². The third kappa shape index (κ3) is 2.90. The molecule has 118 valence electrons. The quantitative estimate of drug-likeness (QED) is 0.799. The maximum absolute atomic E-state index is 13.5. The second-order valence-corrected chi connectivity index (χ2v) is 5.15. The number of rotatable bonds is 3. The molecule has 1 aromatic heterocycles. The molecule has 0 amide bonds. The molecular formula is C19H13FN2O2. The van der Waals surface area contributed by atoms with Crippen LogP contribution in [0.25, 0.3) is 22.4 Å². The summed E-state index contributed by atoms with van der Waals surface area (Å²) in [5.41, 5.74) is 1.55. The van der Waals surface area contributed by atoms with Gasteiger partial charge in [-0.3, -0.25) is 4.79 Å². The number of H-pyrrole nitrogens is 1. The van der Waals surface area contributed by atoms with Crippen molar-refractivity contribution in [2.45, 2.75) is 0 Å². The van der Waals surface area contributed by atoms with Crippen molar-refractivity contribution < 1.29 is 9.13 Å². The van der Waals surface area contributed by atoms with Crippen LogP contribution in [0.15, 0.2) is 59.4 Å². The van der Waals surface area contributed by atoms with Crippen LogP contribution in [-0.2, 0) is 0 Å². The number of nitriles is 1. The Morgan fingerprint density at radius 1 is 1.08 bits per heavy atom.